The highest BCUT2D eigenvalue weighted by Gasteiger charge is 2.09. The first-order chi connectivity index (χ1) is 7.77. The van der Waals surface area contributed by atoms with E-state index >= 15 is 0 Å². The molecule has 0 saturated heterocycles. The van der Waals surface area contributed by atoms with Gasteiger partial charge in [-0.15, -0.1) is 0 Å². The van der Waals surface area contributed by atoms with Crippen LogP contribution in [0.2, 0.25) is 0 Å². The molecule has 1 aromatic rings. The van der Waals surface area contributed by atoms with E-state index in [1.807, 2.05) is 0 Å². The molecule has 0 bridgehead atoms. The SMILES string of the molecule is CCCCC(CC)CNC(=O)c1cc[nH]c1. The van der Waals surface area contributed by atoms with Gasteiger partial charge in [0.05, 0.1) is 5.56 Å². The summed E-state index contributed by atoms with van der Waals surface area (Å²) in [5.41, 5.74) is 0.713. The molecule has 1 amide bonds. The maximum absolute atomic E-state index is 11.7. The lowest BCUT2D eigenvalue weighted by Crippen LogP contribution is -2.28. The second-order valence-electron chi connectivity index (χ2n) is 4.23. The molecule has 1 heterocycles. The van der Waals surface area contributed by atoms with Crippen LogP contribution < -0.4 is 5.32 Å². The molecule has 1 atom stereocenters. The lowest BCUT2D eigenvalue weighted by Gasteiger charge is -2.14. The van der Waals surface area contributed by atoms with Gasteiger partial charge in [0, 0.05) is 18.9 Å². The highest BCUT2D eigenvalue weighted by molar-refractivity contribution is 5.93. The number of carbonyl (C=O) groups is 1. The van der Waals surface area contributed by atoms with Gasteiger partial charge in [0.1, 0.15) is 0 Å². The van der Waals surface area contributed by atoms with Gasteiger partial charge in [0.25, 0.3) is 5.91 Å². The van der Waals surface area contributed by atoms with E-state index in [2.05, 4.69) is 24.1 Å². The molecule has 90 valence electrons. The molecule has 1 rings (SSSR count). The summed E-state index contributed by atoms with van der Waals surface area (Å²) in [6.45, 7) is 5.17. The van der Waals surface area contributed by atoms with Crippen molar-refractivity contribution in [2.45, 2.75) is 39.5 Å². The van der Waals surface area contributed by atoms with E-state index in [1.54, 1.807) is 18.5 Å². The minimum atomic E-state index is 0.0243. The van der Waals surface area contributed by atoms with Gasteiger partial charge in [-0.3, -0.25) is 4.79 Å². The van der Waals surface area contributed by atoms with Gasteiger partial charge in [-0.25, -0.2) is 0 Å². The molecule has 0 aliphatic carbocycles. The Morgan fingerprint density at radius 2 is 2.31 bits per heavy atom. The number of carbonyl (C=O) groups excluding carboxylic acids is 1. The lowest BCUT2D eigenvalue weighted by atomic mass is 9.99. The number of hydrogen-bond acceptors (Lipinski definition) is 1. The van der Waals surface area contributed by atoms with E-state index < -0.39 is 0 Å². The van der Waals surface area contributed by atoms with Crippen LogP contribution in [-0.2, 0) is 0 Å². The molecule has 3 heteroatoms. The Bertz CT molecular complexity index is 293. The smallest absolute Gasteiger partial charge is 0.252 e. The zero-order valence-corrected chi connectivity index (χ0v) is 10.3. The van der Waals surface area contributed by atoms with Crippen LogP contribution in [0.3, 0.4) is 0 Å². The molecule has 0 aliphatic heterocycles. The van der Waals surface area contributed by atoms with Crippen molar-refractivity contribution in [2.75, 3.05) is 6.54 Å². The van der Waals surface area contributed by atoms with Crippen LogP contribution in [0.15, 0.2) is 18.5 Å². The van der Waals surface area contributed by atoms with Gasteiger partial charge in [0.2, 0.25) is 0 Å². The number of nitrogens with one attached hydrogen (secondary N) is 2. The Morgan fingerprint density at radius 1 is 1.50 bits per heavy atom. The molecule has 0 spiro atoms. The molecule has 0 fully saturated rings. The largest absolute Gasteiger partial charge is 0.367 e. The fraction of sp³-hybridized carbons (Fsp3) is 0.615. The van der Waals surface area contributed by atoms with E-state index in [9.17, 15) is 4.79 Å². The van der Waals surface area contributed by atoms with Crippen molar-refractivity contribution in [1.29, 1.82) is 0 Å². The molecule has 0 radical (unpaired) electrons. The topological polar surface area (TPSA) is 44.9 Å². The second kappa shape index (κ2) is 7.09. The molecule has 0 aromatic carbocycles. The fourth-order valence-electron chi connectivity index (χ4n) is 1.75. The van der Waals surface area contributed by atoms with Crippen LogP contribution in [-0.4, -0.2) is 17.4 Å². The predicted octanol–water partition coefficient (Wildman–Crippen LogP) is 2.96. The minimum Gasteiger partial charge on any atom is -0.367 e. The van der Waals surface area contributed by atoms with E-state index in [4.69, 9.17) is 0 Å². The van der Waals surface area contributed by atoms with Gasteiger partial charge < -0.3 is 10.3 Å². The maximum atomic E-state index is 11.7. The molecule has 0 aliphatic rings. The van der Waals surface area contributed by atoms with Gasteiger partial charge in [-0.05, 0) is 18.4 Å². The highest BCUT2D eigenvalue weighted by atomic mass is 16.1. The van der Waals surface area contributed by atoms with Crippen molar-refractivity contribution in [1.82, 2.24) is 10.3 Å². The van der Waals surface area contributed by atoms with Gasteiger partial charge in [-0.2, -0.15) is 0 Å². The summed E-state index contributed by atoms with van der Waals surface area (Å²) in [6.07, 6.45) is 8.31. The van der Waals surface area contributed by atoms with Crippen molar-refractivity contribution in [3.63, 3.8) is 0 Å². The number of unbranched alkanes of at least 4 members (excludes halogenated alkanes) is 1. The molecular weight excluding hydrogens is 200 g/mol. The third-order valence-electron chi connectivity index (χ3n) is 2.95. The van der Waals surface area contributed by atoms with E-state index in [0.29, 0.717) is 11.5 Å². The number of amides is 1. The third kappa shape index (κ3) is 4.09. The maximum Gasteiger partial charge on any atom is 0.252 e. The molecule has 1 aromatic heterocycles. The summed E-state index contributed by atoms with van der Waals surface area (Å²) in [6, 6.07) is 1.79. The summed E-state index contributed by atoms with van der Waals surface area (Å²) in [7, 11) is 0. The molecule has 2 N–H and O–H groups in total. The average molecular weight is 222 g/mol. The number of aromatic amines is 1. The molecular formula is C13H22N2O. The summed E-state index contributed by atoms with van der Waals surface area (Å²) >= 11 is 0. The Hall–Kier alpha value is -1.25. The lowest BCUT2D eigenvalue weighted by molar-refractivity contribution is 0.0946. The normalized spacial score (nSPS) is 12.4. The quantitative estimate of drug-likeness (QED) is 0.732. The Morgan fingerprint density at radius 3 is 2.88 bits per heavy atom. The van der Waals surface area contributed by atoms with Crippen LogP contribution in [0, 0.1) is 5.92 Å². The van der Waals surface area contributed by atoms with Crippen molar-refractivity contribution in [3.8, 4) is 0 Å². The third-order valence-corrected chi connectivity index (χ3v) is 2.95. The predicted molar refractivity (Wildman–Crippen MR) is 66.4 cm³/mol. The Balaban J connectivity index is 2.29. The van der Waals surface area contributed by atoms with Gasteiger partial charge in [0.15, 0.2) is 0 Å². The average Bonchev–Trinajstić information content (AvgIpc) is 2.82. The van der Waals surface area contributed by atoms with Crippen LogP contribution >= 0.6 is 0 Å². The van der Waals surface area contributed by atoms with Gasteiger partial charge >= 0.3 is 0 Å². The summed E-state index contributed by atoms with van der Waals surface area (Å²) in [5, 5.41) is 2.99. The van der Waals surface area contributed by atoms with Crippen LogP contribution in [0.4, 0.5) is 0 Å². The summed E-state index contributed by atoms with van der Waals surface area (Å²) in [4.78, 5) is 14.6. The monoisotopic (exact) mass is 222 g/mol. The standard InChI is InChI=1S/C13H22N2O/c1-3-5-6-11(4-2)9-15-13(16)12-7-8-14-10-12/h7-8,10-11,14H,3-6,9H2,1-2H3,(H,15,16). The first-order valence-electron chi connectivity index (χ1n) is 6.18. The number of aromatic nitrogens is 1. The number of rotatable bonds is 7. The molecule has 16 heavy (non-hydrogen) atoms. The summed E-state index contributed by atoms with van der Waals surface area (Å²) in [5.74, 6) is 0.638. The minimum absolute atomic E-state index is 0.0243. The zero-order valence-electron chi connectivity index (χ0n) is 10.3. The van der Waals surface area contributed by atoms with Gasteiger partial charge in [-0.1, -0.05) is 33.1 Å². The number of hydrogen-bond donors (Lipinski definition) is 2. The molecule has 3 nitrogen and oxygen atoms in total. The Kier molecular flexibility index (Phi) is 5.68. The van der Waals surface area contributed by atoms with Crippen molar-refractivity contribution >= 4 is 5.91 Å². The van der Waals surface area contributed by atoms with Crippen LogP contribution in [0.5, 0.6) is 0 Å². The van der Waals surface area contributed by atoms with Crippen LogP contribution in [0.25, 0.3) is 0 Å². The number of H-pyrrole nitrogens is 1. The summed E-state index contributed by atoms with van der Waals surface area (Å²) < 4.78 is 0. The van der Waals surface area contributed by atoms with Crippen molar-refractivity contribution < 1.29 is 4.79 Å². The van der Waals surface area contributed by atoms with Crippen molar-refractivity contribution in [2.24, 2.45) is 5.92 Å². The van der Waals surface area contributed by atoms with Crippen LogP contribution in [0.1, 0.15) is 49.9 Å². The molecule has 0 saturated carbocycles. The van der Waals surface area contributed by atoms with E-state index in [-0.39, 0.29) is 5.91 Å². The Labute approximate surface area is 97.6 Å². The molecule has 1 unspecified atom stereocenters. The fourth-order valence-corrected chi connectivity index (χ4v) is 1.75. The first kappa shape index (κ1) is 12.8. The second-order valence-corrected chi connectivity index (χ2v) is 4.23. The zero-order chi connectivity index (χ0) is 11.8. The first-order valence-corrected chi connectivity index (χ1v) is 6.18. The highest BCUT2D eigenvalue weighted by Crippen LogP contribution is 2.11. The van der Waals surface area contributed by atoms with E-state index in [0.717, 1.165) is 13.0 Å². The van der Waals surface area contributed by atoms with E-state index in [1.165, 1.54) is 19.3 Å². The van der Waals surface area contributed by atoms with Crippen molar-refractivity contribution in [3.05, 3.63) is 24.0 Å².